The predicted molar refractivity (Wildman–Crippen MR) is 73.5 cm³/mol. The molecule has 1 aromatic carbocycles. The Kier molecular flexibility index (Phi) is 4.05. The molecule has 0 spiro atoms. The zero-order chi connectivity index (χ0) is 14.8. The van der Waals surface area contributed by atoms with Gasteiger partial charge in [0, 0.05) is 13.0 Å². The number of aromatic nitrogens is 2. The Morgan fingerprint density at radius 2 is 2.10 bits per heavy atom. The van der Waals surface area contributed by atoms with E-state index in [0.717, 1.165) is 5.56 Å². The number of rotatable bonds is 5. The minimum Gasteiger partial charge on any atom is -0.398 e. The number of aryl methyl sites for hydroxylation is 1. The molecule has 2 rings (SSSR count). The quantitative estimate of drug-likeness (QED) is 0.789. The summed E-state index contributed by atoms with van der Waals surface area (Å²) in [6, 6.07) is 3.39. The van der Waals surface area contributed by atoms with Gasteiger partial charge in [0.05, 0.1) is 5.69 Å². The molecule has 108 valence electrons. The number of hydrogen-bond acceptors (Lipinski definition) is 6. The van der Waals surface area contributed by atoms with Crippen molar-refractivity contribution in [3.05, 3.63) is 35.5 Å². The van der Waals surface area contributed by atoms with Crippen molar-refractivity contribution in [2.45, 2.75) is 25.2 Å². The lowest BCUT2D eigenvalue weighted by molar-refractivity contribution is 0.377. The van der Waals surface area contributed by atoms with Gasteiger partial charge in [-0.25, -0.2) is 13.1 Å². The van der Waals surface area contributed by atoms with E-state index in [1.165, 1.54) is 6.33 Å². The molecule has 20 heavy (non-hydrogen) atoms. The molecular weight excluding hydrogens is 280 g/mol. The van der Waals surface area contributed by atoms with E-state index in [-0.39, 0.29) is 17.1 Å². The van der Waals surface area contributed by atoms with Crippen LogP contribution in [0.25, 0.3) is 0 Å². The highest BCUT2D eigenvalue weighted by atomic mass is 32.2. The molecule has 2 aromatic rings. The van der Waals surface area contributed by atoms with Gasteiger partial charge >= 0.3 is 0 Å². The monoisotopic (exact) mass is 296 g/mol. The van der Waals surface area contributed by atoms with Gasteiger partial charge in [-0.15, -0.1) is 0 Å². The molecule has 0 aliphatic carbocycles. The first-order chi connectivity index (χ1) is 9.42. The summed E-state index contributed by atoms with van der Waals surface area (Å²) in [7, 11) is -3.66. The highest BCUT2D eigenvalue weighted by Gasteiger charge is 2.20. The van der Waals surface area contributed by atoms with E-state index in [9.17, 15) is 8.42 Å². The largest absolute Gasteiger partial charge is 0.398 e. The van der Waals surface area contributed by atoms with Gasteiger partial charge in [-0.2, -0.15) is 4.98 Å². The normalized spacial score (nSPS) is 11.7. The fourth-order valence-electron chi connectivity index (χ4n) is 1.84. The molecule has 1 aromatic heterocycles. The van der Waals surface area contributed by atoms with Crippen LogP contribution in [0.3, 0.4) is 0 Å². The van der Waals surface area contributed by atoms with Crippen molar-refractivity contribution in [2.24, 2.45) is 0 Å². The highest BCUT2D eigenvalue weighted by molar-refractivity contribution is 7.89. The number of nitrogens with one attached hydrogen (secondary N) is 1. The van der Waals surface area contributed by atoms with Gasteiger partial charge in [0.15, 0.2) is 6.33 Å². The van der Waals surface area contributed by atoms with Crippen molar-refractivity contribution >= 4 is 15.7 Å². The molecular formula is C12H16N4O3S. The van der Waals surface area contributed by atoms with E-state index in [1.54, 1.807) is 19.1 Å². The van der Waals surface area contributed by atoms with Gasteiger partial charge in [-0.1, -0.05) is 11.2 Å². The second kappa shape index (κ2) is 5.59. The van der Waals surface area contributed by atoms with E-state index in [0.29, 0.717) is 17.9 Å². The van der Waals surface area contributed by atoms with Crippen LogP contribution in [0.5, 0.6) is 0 Å². The second-order valence-electron chi connectivity index (χ2n) is 4.41. The van der Waals surface area contributed by atoms with E-state index in [2.05, 4.69) is 14.9 Å². The number of anilines is 1. The topological polar surface area (TPSA) is 111 Å². The molecule has 3 N–H and O–H groups in total. The molecule has 1 heterocycles. The summed E-state index contributed by atoms with van der Waals surface area (Å²) < 4.78 is 31.9. The summed E-state index contributed by atoms with van der Waals surface area (Å²) in [4.78, 5) is 3.95. The summed E-state index contributed by atoms with van der Waals surface area (Å²) in [6.45, 7) is 3.74. The molecule has 0 aliphatic heterocycles. The maximum absolute atomic E-state index is 12.3. The van der Waals surface area contributed by atoms with E-state index in [1.807, 2.05) is 6.92 Å². The summed E-state index contributed by atoms with van der Waals surface area (Å²) in [5.41, 5.74) is 7.54. The maximum Gasteiger partial charge on any atom is 0.242 e. The standard InChI is InChI=1S/C12H16N4O3S/c1-8-3-4-10(13)12(9(8)2)20(17,18)16-6-5-11-14-7-15-19-11/h3-4,7,16H,5-6,13H2,1-2H3. The van der Waals surface area contributed by atoms with E-state index in [4.69, 9.17) is 10.3 Å². The number of nitrogens with two attached hydrogens (primary N) is 1. The van der Waals surface area contributed by atoms with Gasteiger partial charge < -0.3 is 10.3 Å². The molecule has 7 nitrogen and oxygen atoms in total. The molecule has 0 radical (unpaired) electrons. The third-order valence-corrected chi connectivity index (χ3v) is 4.68. The van der Waals surface area contributed by atoms with Crippen molar-refractivity contribution in [2.75, 3.05) is 12.3 Å². The molecule has 0 amide bonds. The minimum absolute atomic E-state index is 0.128. The van der Waals surface area contributed by atoms with Crippen LogP contribution in [-0.4, -0.2) is 25.1 Å². The van der Waals surface area contributed by atoms with Crippen molar-refractivity contribution in [1.29, 1.82) is 0 Å². The fourth-order valence-corrected chi connectivity index (χ4v) is 3.30. The van der Waals surface area contributed by atoms with Crippen LogP contribution >= 0.6 is 0 Å². The number of nitrogens with zero attached hydrogens (tertiary/aromatic N) is 2. The summed E-state index contributed by atoms with van der Waals surface area (Å²) >= 11 is 0. The molecule has 0 unspecified atom stereocenters. The molecule has 0 fully saturated rings. The van der Waals surface area contributed by atoms with Gasteiger partial charge in [0.2, 0.25) is 15.9 Å². The zero-order valence-corrected chi connectivity index (χ0v) is 12.1. The third-order valence-electron chi connectivity index (χ3n) is 3.01. The molecule has 0 aliphatic rings. The number of hydrogen-bond donors (Lipinski definition) is 2. The molecule has 0 saturated heterocycles. The SMILES string of the molecule is Cc1ccc(N)c(S(=O)(=O)NCCc2ncno2)c1C. The van der Waals surface area contributed by atoms with Crippen LogP contribution in [0.15, 0.2) is 27.9 Å². The lowest BCUT2D eigenvalue weighted by atomic mass is 10.1. The van der Waals surface area contributed by atoms with E-state index >= 15 is 0 Å². The summed E-state index contributed by atoms with van der Waals surface area (Å²) in [6.07, 6.45) is 1.59. The summed E-state index contributed by atoms with van der Waals surface area (Å²) in [5.74, 6) is 0.377. The lowest BCUT2D eigenvalue weighted by Crippen LogP contribution is -2.27. The van der Waals surface area contributed by atoms with Crippen LogP contribution in [-0.2, 0) is 16.4 Å². The van der Waals surface area contributed by atoms with Crippen LogP contribution in [0.4, 0.5) is 5.69 Å². The first-order valence-corrected chi connectivity index (χ1v) is 7.51. The molecule has 0 atom stereocenters. The van der Waals surface area contributed by atoms with Crippen molar-refractivity contribution in [3.8, 4) is 0 Å². The average Bonchev–Trinajstić information content (AvgIpc) is 2.87. The fraction of sp³-hybridized carbons (Fsp3) is 0.333. The Labute approximate surface area is 117 Å². The maximum atomic E-state index is 12.3. The molecule has 8 heteroatoms. The van der Waals surface area contributed by atoms with Crippen LogP contribution in [0.2, 0.25) is 0 Å². The number of sulfonamides is 1. The Morgan fingerprint density at radius 3 is 2.75 bits per heavy atom. The van der Waals surface area contributed by atoms with Crippen LogP contribution in [0, 0.1) is 13.8 Å². The number of benzene rings is 1. The zero-order valence-electron chi connectivity index (χ0n) is 11.3. The first-order valence-electron chi connectivity index (χ1n) is 6.02. The Hall–Kier alpha value is -1.93. The highest BCUT2D eigenvalue weighted by Crippen LogP contribution is 2.24. The van der Waals surface area contributed by atoms with Gasteiger partial charge in [0.25, 0.3) is 0 Å². The van der Waals surface area contributed by atoms with Crippen molar-refractivity contribution in [1.82, 2.24) is 14.9 Å². The third kappa shape index (κ3) is 2.97. The lowest BCUT2D eigenvalue weighted by Gasteiger charge is -2.13. The van der Waals surface area contributed by atoms with Crippen molar-refractivity contribution in [3.63, 3.8) is 0 Å². The molecule has 0 saturated carbocycles. The Bertz CT molecular complexity index is 696. The first kappa shape index (κ1) is 14.5. The van der Waals surface area contributed by atoms with Crippen molar-refractivity contribution < 1.29 is 12.9 Å². The second-order valence-corrected chi connectivity index (χ2v) is 6.11. The average molecular weight is 296 g/mol. The predicted octanol–water partition coefficient (Wildman–Crippen LogP) is 0.790. The Balaban J connectivity index is 2.16. The summed E-state index contributed by atoms with van der Waals surface area (Å²) in [5, 5.41) is 3.45. The van der Waals surface area contributed by atoms with Gasteiger partial charge in [0.1, 0.15) is 4.90 Å². The smallest absolute Gasteiger partial charge is 0.242 e. The van der Waals surface area contributed by atoms with E-state index < -0.39 is 10.0 Å². The van der Waals surface area contributed by atoms with Crippen LogP contribution in [0.1, 0.15) is 17.0 Å². The minimum atomic E-state index is -3.66. The van der Waals surface area contributed by atoms with Gasteiger partial charge in [-0.3, -0.25) is 0 Å². The number of nitrogen functional groups attached to an aromatic ring is 1. The van der Waals surface area contributed by atoms with Crippen LogP contribution < -0.4 is 10.5 Å². The Morgan fingerprint density at radius 1 is 1.35 bits per heavy atom. The molecule has 0 bridgehead atoms. The van der Waals surface area contributed by atoms with Gasteiger partial charge in [-0.05, 0) is 31.0 Å².